The molecule has 0 bridgehead atoms. The van der Waals surface area contributed by atoms with Crippen LogP contribution in [0.15, 0.2) is 18.3 Å². The number of hydrogen-bond acceptors (Lipinski definition) is 4. The van der Waals surface area contributed by atoms with Gasteiger partial charge in [0.25, 0.3) is 0 Å². The van der Waals surface area contributed by atoms with Crippen molar-refractivity contribution in [3.05, 3.63) is 24.0 Å². The van der Waals surface area contributed by atoms with Crippen molar-refractivity contribution in [3.8, 4) is 0 Å². The van der Waals surface area contributed by atoms with E-state index in [9.17, 15) is 0 Å². The molecule has 1 aromatic heterocycles. The third-order valence-electron chi connectivity index (χ3n) is 2.49. The van der Waals surface area contributed by atoms with Crippen LogP contribution in [0.1, 0.15) is 26.0 Å². The lowest BCUT2D eigenvalue weighted by atomic mass is 10.1. The van der Waals surface area contributed by atoms with Crippen molar-refractivity contribution in [2.45, 2.75) is 32.5 Å². The molecule has 0 unspecified atom stereocenters. The van der Waals surface area contributed by atoms with Gasteiger partial charge in [0.15, 0.2) is 0 Å². The van der Waals surface area contributed by atoms with E-state index in [1.807, 2.05) is 19.9 Å². The Morgan fingerprint density at radius 1 is 1.44 bits per heavy atom. The van der Waals surface area contributed by atoms with E-state index in [4.69, 9.17) is 15.2 Å². The summed E-state index contributed by atoms with van der Waals surface area (Å²) >= 11 is 0. The van der Waals surface area contributed by atoms with Gasteiger partial charge in [0.05, 0.1) is 17.9 Å². The van der Waals surface area contributed by atoms with Gasteiger partial charge >= 0.3 is 0 Å². The number of aromatic nitrogens is 1. The molecule has 0 aliphatic heterocycles. The third-order valence-corrected chi connectivity index (χ3v) is 2.49. The van der Waals surface area contributed by atoms with Crippen LogP contribution in [-0.2, 0) is 16.1 Å². The van der Waals surface area contributed by atoms with E-state index in [-0.39, 0.29) is 5.60 Å². The molecule has 0 saturated heterocycles. The second-order valence-electron chi connectivity index (χ2n) is 4.35. The molecule has 16 heavy (non-hydrogen) atoms. The molecule has 0 aromatic carbocycles. The normalized spacial score (nSPS) is 11.7. The Bertz CT molecular complexity index is 327. The first-order valence-electron chi connectivity index (χ1n) is 5.37. The maximum atomic E-state index is 5.64. The van der Waals surface area contributed by atoms with Crippen LogP contribution in [0, 0.1) is 0 Å². The summed E-state index contributed by atoms with van der Waals surface area (Å²) in [7, 11) is 1.71. The summed E-state index contributed by atoms with van der Waals surface area (Å²) in [6.45, 7) is 5.21. The van der Waals surface area contributed by atoms with Gasteiger partial charge < -0.3 is 15.2 Å². The number of anilines is 1. The number of nitrogen functional groups attached to an aromatic ring is 1. The number of hydrogen-bond donors (Lipinski definition) is 1. The van der Waals surface area contributed by atoms with Crippen LogP contribution in [0.5, 0.6) is 0 Å². The predicted octanol–water partition coefficient (Wildman–Crippen LogP) is 2.00. The Hall–Kier alpha value is -1.13. The van der Waals surface area contributed by atoms with Crippen LogP contribution in [0.2, 0.25) is 0 Å². The van der Waals surface area contributed by atoms with E-state index >= 15 is 0 Å². The third kappa shape index (κ3) is 4.59. The van der Waals surface area contributed by atoms with Crippen LogP contribution < -0.4 is 5.73 Å². The number of rotatable bonds is 6. The molecule has 0 saturated carbocycles. The lowest BCUT2D eigenvalue weighted by Gasteiger charge is -2.22. The minimum atomic E-state index is -0.136. The van der Waals surface area contributed by atoms with Crippen LogP contribution in [0.4, 0.5) is 5.69 Å². The molecule has 4 nitrogen and oxygen atoms in total. The van der Waals surface area contributed by atoms with Gasteiger partial charge in [-0.25, -0.2) is 0 Å². The van der Waals surface area contributed by atoms with Gasteiger partial charge in [0, 0.05) is 25.6 Å². The lowest BCUT2D eigenvalue weighted by molar-refractivity contribution is -0.0128. The number of nitrogens with two attached hydrogens (primary N) is 1. The highest BCUT2D eigenvalue weighted by Gasteiger charge is 2.15. The first-order chi connectivity index (χ1) is 7.53. The largest absolute Gasteiger partial charge is 0.399 e. The zero-order valence-electron chi connectivity index (χ0n) is 10.2. The van der Waals surface area contributed by atoms with E-state index in [2.05, 4.69) is 4.98 Å². The molecule has 0 radical (unpaired) electrons. The summed E-state index contributed by atoms with van der Waals surface area (Å²) in [6, 6.07) is 3.58. The van der Waals surface area contributed by atoms with Gasteiger partial charge in [-0.1, -0.05) is 0 Å². The van der Waals surface area contributed by atoms with Crippen molar-refractivity contribution in [2.24, 2.45) is 0 Å². The first kappa shape index (κ1) is 12.9. The minimum Gasteiger partial charge on any atom is -0.399 e. The quantitative estimate of drug-likeness (QED) is 0.751. The highest BCUT2D eigenvalue weighted by Crippen LogP contribution is 2.13. The Labute approximate surface area is 96.8 Å². The fourth-order valence-electron chi connectivity index (χ4n) is 1.17. The summed E-state index contributed by atoms with van der Waals surface area (Å²) in [5.74, 6) is 0. The van der Waals surface area contributed by atoms with E-state index in [1.54, 1.807) is 19.4 Å². The van der Waals surface area contributed by atoms with Crippen molar-refractivity contribution in [1.82, 2.24) is 4.98 Å². The van der Waals surface area contributed by atoms with Crippen LogP contribution in [0.25, 0.3) is 0 Å². The zero-order chi connectivity index (χ0) is 12.0. The second-order valence-corrected chi connectivity index (χ2v) is 4.35. The maximum Gasteiger partial charge on any atom is 0.0888 e. The summed E-state index contributed by atoms with van der Waals surface area (Å²) in [5, 5.41) is 0. The molecule has 0 fully saturated rings. The van der Waals surface area contributed by atoms with Gasteiger partial charge in [-0.3, -0.25) is 4.98 Å². The Morgan fingerprint density at radius 3 is 2.81 bits per heavy atom. The number of methoxy groups -OCH3 is 1. The SMILES string of the molecule is COC(C)(C)CCOCc1cc(N)ccn1. The molecular formula is C12H20N2O2. The Kier molecular flexibility index (Phi) is 4.71. The topological polar surface area (TPSA) is 57.4 Å². The fourth-order valence-corrected chi connectivity index (χ4v) is 1.17. The van der Waals surface area contributed by atoms with Crippen molar-refractivity contribution < 1.29 is 9.47 Å². The molecule has 0 amide bonds. The average Bonchev–Trinajstić information content (AvgIpc) is 2.25. The number of ether oxygens (including phenoxy) is 2. The smallest absolute Gasteiger partial charge is 0.0888 e. The van der Waals surface area contributed by atoms with E-state index in [0.29, 0.717) is 18.9 Å². The van der Waals surface area contributed by atoms with E-state index in [1.165, 1.54) is 0 Å². The fraction of sp³-hybridized carbons (Fsp3) is 0.583. The second kappa shape index (κ2) is 5.82. The molecule has 0 aliphatic rings. The molecule has 1 heterocycles. The van der Waals surface area contributed by atoms with Gasteiger partial charge in [0.2, 0.25) is 0 Å². The van der Waals surface area contributed by atoms with Crippen molar-refractivity contribution in [2.75, 3.05) is 19.5 Å². The molecular weight excluding hydrogens is 204 g/mol. The number of nitrogens with zero attached hydrogens (tertiary/aromatic N) is 1. The lowest BCUT2D eigenvalue weighted by Crippen LogP contribution is -2.24. The summed E-state index contributed by atoms with van der Waals surface area (Å²) in [6.07, 6.45) is 2.54. The molecule has 4 heteroatoms. The summed E-state index contributed by atoms with van der Waals surface area (Å²) < 4.78 is 10.8. The summed E-state index contributed by atoms with van der Waals surface area (Å²) in [5.41, 5.74) is 7.07. The monoisotopic (exact) mass is 224 g/mol. The van der Waals surface area contributed by atoms with Gasteiger partial charge in [-0.2, -0.15) is 0 Å². The van der Waals surface area contributed by atoms with Crippen LogP contribution in [0.3, 0.4) is 0 Å². The van der Waals surface area contributed by atoms with Crippen LogP contribution >= 0.6 is 0 Å². The van der Waals surface area contributed by atoms with Crippen molar-refractivity contribution in [3.63, 3.8) is 0 Å². The molecule has 90 valence electrons. The molecule has 1 aromatic rings. The minimum absolute atomic E-state index is 0.136. The zero-order valence-corrected chi connectivity index (χ0v) is 10.2. The summed E-state index contributed by atoms with van der Waals surface area (Å²) in [4.78, 5) is 4.16. The van der Waals surface area contributed by atoms with Gasteiger partial charge in [-0.15, -0.1) is 0 Å². The van der Waals surface area contributed by atoms with Crippen LogP contribution in [-0.4, -0.2) is 24.3 Å². The molecule has 0 spiro atoms. The van der Waals surface area contributed by atoms with E-state index < -0.39 is 0 Å². The van der Waals surface area contributed by atoms with Gasteiger partial charge in [-0.05, 0) is 32.4 Å². The Morgan fingerprint density at radius 2 is 2.19 bits per heavy atom. The Balaban J connectivity index is 2.26. The molecule has 1 rings (SSSR count). The molecule has 2 N–H and O–H groups in total. The molecule has 0 atom stereocenters. The number of pyridine rings is 1. The highest BCUT2D eigenvalue weighted by molar-refractivity contribution is 5.36. The van der Waals surface area contributed by atoms with Crippen molar-refractivity contribution in [1.29, 1.82) is 0 Å². The maximum absolute atomic E-state index is 5.64. The predicted molar refractivity (Wildman–Crippen MR) is 64.0 cm³/mol. The van der Waals surface area contributed by atoms with Crippen molar-refractivity contribution >= 4 is 5.69 Å². The molecule has 0 aliphatic carbocycles. The van der Waals surface area contributed by atoms with Gasteiger partial charge in [0.1, 0.15) is 0 Å². The first-order valence-corrected chi connectivity index (χ1v) is 5.37. The highest BCUT2D eigenvalue weighted by atomic mass is 16.5. The average molecular weight is 224 g/mol. The van der Waals surface area contributed by atoms with E-state index in [0.717, 1.165) is 12.1 Å². The standard InChI is InChI=1S/C12H20N2O2/c1-12(2,15-3)5-7-16-9-11-8-10(13)4-6-14-11/h4,6,8H,5,7,9H2,1-3H3,(H2,13,14).